The molecule has 4 nitrogen and oxygen atoms in total. The minimum Gasteiger partial charge on any atom is -0.424 e. The molecule has 1 heterocycles. The number of aromatic nitrogens is 2. The maximum absolute atomic E-state index is 5.27. The third-order valence-electron chi connectivity index (χ3n) is 1.87. The van der Waals surface area contributed by atoms with Crippen LogP contribution in [0.5, 0.6) is 0 Å². The number of nitrogens with zero attached hydrogens (tertiary/aromatic N) is 3. The van der Waals surface area contributed by atoms with E-state index < -0.39 is 0 Å². The van der Waals surface area contributed by atoms with Crippen molar-refractivity contribution in [1.29, 1.82) is 0 Å². The molecule has 4 heteroatoms. The first-order chi connectivity index (χ1) is 6.22. The molecule has 0 fully saturated rings. The molecular formula is C9H17N3O. The lowest BCUT2D eigenvalue weighted by molar-refractivity contribution is 0.282. The first-order valence-electron chi connectivity index (χ1n) is 4.70. The summed E-state index contributed by atoms with van der Waals surface area (Å²) < 4.78 is 5.27. The molecule has 0 aliphatic rings. The predicted octanol–water partition coefficient (Wildman–Crippen LogP) is 1.61. The van der Waals surface area contributed by atoms with Crippen LogP contribution in [0.15, 0.2) is 4.42 Å². The van der Waals surface area contributed by atoms with Crippen LogP contribution in [0.4, 0.5) is 0 Å². The van der Waals surface area contributed by atoms with E-state index in [4.69, 9.17) is 4.42 Å². The van der Waals surface area contributed by atoms with Gasteiger partial charge in [0.05, 0.1) is 6.54 Å². The third-order valence-corrected chi connectivity index (χ3v) is 1.87. The second kappa shape index (κ2) is 4.97. The Hall–Kier alpha value is -0.900. The quantitative estimate of drug-likeness (QED) is 0.695. The zero-order valence-electron chi connectivity index (χ0n) is 8.58. The molecule has 0 aliphatic carbocycles. The maximum Gasteiger partial charge on any atom is 0.230 e. The molecule has 0 N–H and O–H groups in total. The Morgan fingerprint density at radius 2 is 2.15 bits per heavy atom. The van der Waals surface area contributed by atoms with E-state index in [9.17, 15) is 0 Å². The van der Waals surface area contributed by atoms with Gasteiger partial charge in [-0.1, -0.05) is 13.3 Å². The van der Waals surface area contributed by atoms with Crippen molar-refractivity contribution in [3.05, 3.63) is 11.8 Å². The van der Waals surface area contributed by atoms with Crippen molar-refractivity contribution in [2.24, 2.45) is 0 Å². The van der Waals surface area contributed by atoms with E-state index in [0.29, 0.717) is 11.8 Å². The molecular weight excluding hydrogens is 166 g/mol. The van der Waals surface area contributed by atoms with E-state index in [2.05, 4.69) is 29.1 Å². The van der Waals surface area contributed by atoms with Crippen LogP contribution in [0.2, 0.25) is 0 Å². The fraction of sp³-hybridized carbons (Fsp3) is 0.778. The summed E-state index contributed by atoms with van der Waals surface area (Å²) in [4.78, 5) is 2.19. The highest BCUT2D eigenvalue weighted by atomic mass is 16.4. The molecule has 0 saturated heterocycles. The number of hydrogen-bond acceptors (Lipinski definition) is 4. The molecule has 1 aromatic heterocycles. The van der Waals surface area contributed by atoms with Gasteiger partial charge in [0.15, 0.2) is 0 Å². The molecule has 13 heavy (non-hydrogen) atoms. The van der Waals surface area contributed by atoms with Crippen LogP contribution in [0.1, 0.15) is 31.5 Å². The SMILES string of the molecule is CCCCN(C)Cc1nnc(C)o1. The molecule has 0 radical (unpaired) electrons. The van der Waals surface area contributed by atoms with Gasteiger partial charge in [-0.15, -0.1) is 10.2 Å². The average Bonchev–Trinajstić information content (AvgIpc) is 2.48. The van der Waals surface area contributed by atoms with Gasteiger partial charge in [0.25, 0.3) is 0 Å². The topological polar surface area (TPSA) is 42.2 Å². The lowest BCUT2D eigenvalue weighted by atomic mass is 10.3. The Bertz CT molecular complexity index is 247. The van der Waals surface area contributed by atoms with E-state index in [1.807, 2.05) is 6.92 Å². The first-order valence-corrected chi connectivity index (χ1v) is 4.70. The van der Waals surface area contributed by atoms with E-state index >= 15 is 0 Å². The fourth-order valence-corrected chi connectivity index (χ4v) is 1.14. The summed E-state index contributed by atoms with van der Waals surface area (Å²) in [6.07, 6.45) is 2.43. The summed E-state index contributed by atoms with van der Waals surface area (Å²) in [6, 6.07) is 0. The summed E-state index contributed by atoms with van der Waals surface area (Å²) in [7, 11) is 2.06. The Balaban J connectivity index is 2.31. The van der Waals surface area contributed by atoms with Crippen LogP contribution >= 0.6 is 0 Å². The highest BCUT2D eigenvalue weighted by Gasteiger charge is 2.05. The minimum atomic E-state index is 0.638. The molecule has 0 saturated carbocycles. The summed E-state index contributed by atoms with van der Waals surface area (Å²) in [5, 5.41) is 7.71. The van der Waals surface area contributed by atoms with Crippen molar-refractivity contribution >= 4 is 0 Å². The van der Waals surface area contributed by atoms with Gasteiger partial charge in [0.1, 0.15) is 0 Å². The van der Waals surface area contributed by atoms with Gasteiger partial charge < -0.3 is 4.42 Å². The van der Waals surface area contributed by atoms with E-state index in [1.54, 1.807) is 0 Å². The van der Waals surface area contributed by atoms with Crippen LogP contribution in [0.25, 0.3) is 0 Å². The van der Waals surface area contributed by atoms with Crippen molar-refractivity contribution in [2.45, 2.75) is 33.2 Å². The lowest BCUT2D eigenvalue weighted by Gasteiger charge is -2.12. The van der Waals surface area contributed by atoms with Gasteiger partial charge in [-0.3, -0.25) is 4.90 Å². The highest BCUT2D eigenvalue weighted by Crippen LogP contribution is 2.02. The molecule has 0 atom stereocenters. The van der Waals surface area contributed by atoms with Gasteiger partial charge in [-0.05, 0) is 20.0 Å². The smallest absolute Gasteiger partial charge is 0.230 e. The summed E-state index contributed by atoms with van der Waals surface area (Å²) in [5.41, 5.74) is 0. The molecule has 1 rings (SSSR count). The molecule has 0 aliphatic heterocycles. The van der Waals surface area contributed by atoms with Gasteiger partial charge in [-0.2, -0.15) is 0 Å². The largest absolute Gasteiger partial charge is 0.424 e. The minimum absolute atomic E-state index is 0.638. The van der Waals surface area contributed by atoms with Crippen LogP contribution in [-0.4, -0.2) is 28.7 Å². The van der Waals surface area contributed by atoms with Gasteiger partial charge in [0.2, 0.25) is 11.8 Å². The molecule has 0 aromatic carbocycles. The Morgan fingerprint density at radius 1 is 1.38 bits per heavy atom. The zero-order valence-corrected chi connectivity index (χ0v) is 8.58. The van der Waals surface area contributed by atoms with Gasteiger partial charge in [0, 0.05) is 6.92 Å². The Morgan fingerprint density at radius 3 is 2.69 bits per heavy atom. The number of unbranched alkanes of at least 4 members (excludes halogenated alkanes) is 1. The number of aryl methyl sites for hydroxylation is 1. The molecule has 0 bridgehead atoms. The van der Waals surface area contributed by atoms with Crippen molar-refractivity contribution in [3.63, 3.8) is 0 Å². The summed E-state index contributed by atoms with van der Waals surface area (Å²) in [6.45, 7) is 5.83. The summed E-state index contributed by atoms with van der Waals surface area (Å²) in [5.74, 6) is 1.34. The normalized spacial score (nSPS) is 11.1. The lowest BCUT2D eigenvalue weighted by Crippen LogP contribution is -2.19. The molecule has 0 spiro atoms. The molecule has 0 unspecified atom stereocenters. The van der Waals surface area contributed by atoms with Crippen LogP contribution in [0, 0.1) is 6.92 Å². The predicted molar refractivity (Wildman–Crippen MR) is 50.3 cm³/mol. The Labute approximate surface area is 78.9 Å². The molecule has 1 aromatic rings. The maximum atomic E-state index is 5.27. The first kappa shape index (κ1) is 10.2. The standard InChI is InChI=1S/C9H17N3O/c1-4-5-6-12(3)7-9-11-10-8(2)13-9/h4-7H2,1-3H3. The zero-order chi connectivity index (χ0) is 9.68. The van der Waals surface area contributed by atoms with Gasteiger partial charge in [-0.25, -0.2) is 0 Å². The number of hydrogen-bond donors (Lipinski definition) is 0. The average molecular weight is 183 g/mol. The second-order valence-corrected chi connectivity index (χ2v) is 3.31. The monoisotopic (exact) mass is 183 g/mol. The van der Waals surface area contributed by atoms with Crippen LogP contribution in [-0.2, 0) is 6.54 Å². The van der Waals surface area contributed by atoms with Gasteiger partial charge >= 0.3 is 0 Å². The molecule has 0 amide bonds. The van der Waals surface area contributed by atoms with Crippen LogP contribution < -0.4 is 0 Å². The molecule has 74 valence electrons. The Kier molecular flexibility index (Phi) is 3.89. The highest BCUT2D eigenvalue weighted by molar-refractivity contribution is 4.78. The van der Waals surface area contributed by atoms with Crippen molar-refractivity contribution in [1.82, 2.24) is 15.1 Å². The van der Waals surface area contributed by atoms with Crippen LogP contribution in [0.3, 0.4) is 0 Å². The van der Waals surface area contributed by atoms with Crippen molar-refractivity contribution in [2.75, 3.05) is 13.6 Å². The van der Waals surface area contributed by atoms with E-state index in [1.165, 1.54) is 12.8 Å². The van der Waals surface area contributed by atoms with Crippen molar-refractivity contribution in [3.8, 4) is 0 Å². The fourth-order valence-electron chi connectivity index (χ4n) is 1.14. The second-order valence-electron chi connectivity index (χ2n) is 3.31. The number of rotatable bonds is 5. The van der Waals surface area contributed by atoms with E-state index in [-0.39, 0.29) is 0 Å². The van der Waals surface area contributed by atoms with Crippen molar-refractivity contribution < 1.29 is 4.42 Å². The summed E-state index contributed by atoms with van der Waals surface area (Å²) >= 11 is 0. The van der Waals surface area contributed by atoms with E-state index in [0.717, 1.165) is 13.1 Å². The third kappa shape index (κ3) is 3.55.